The molecule has 0 aliphatic carbocycles. The zero-order valence-corrected chi connectivity index (χ0v) is 23.4. The van der Waals surface area contributed by atoms with E-state index in [-0.39, 0.29) is 29.1 Å². The van der Waals surface area contributed by atoms with Gasteiger partial charge in [0.05, 0.1) is 16.9 Å². The average Bonchev–Trinajstić information content (AvgIpc) is 2.98. The molecule has 2 aliphatic rings. The van der Waals surface area contributed by atoms with Crippen molar-refractivity contribution in [3.63, 3.8) is 0 Å². The topological polar surface area (TPSA) is 78.0 Å². The second-order valence-electron chi connectivity index (χ2n) is 10.7. The molecule has 2 aliphatic heterocycles. The molecule has 0 saturated carbocycles. The van der Waals surface area contributed by atoms with Crippen LogP contribution in [-0.2, 0) is 26.6 Å². The van der Waals surface area contributed by atoms with Crippen LogP contribution in [-0.4, -0.2) is 74.8 Å². The lowest BCUT2D eigenvalue weighted by molar-refractivity contribution is -0.138. The first-order valence-corrected chi connectivity index (χ1v) is 15.4. The highest BCUT2D eigenvalue weighted by Gasteiger charge is 2.45. The van der Waals surface area contributed by atoms with E-state index in [0.29, 0.717) is 51.1 Å². The molecule has 0 unspecified atom stereocenters. The molecule has 3 aromatic rings. The van der Waals surface area contributed by atoms with Gasteiger partial charge in [-0.15, -0.1) is 0 Å². The Morgan fingerprint density at radius 1 is 0.850 bits per heavy atom. The van der Waals surface area contributed by atoms with Crippen LogP contribution in [0.3, 0.4) is 0 Å². The largest absolute Gasteiger partial charge is 0.369 e. The number of sulfone groups is 1. The van der Waals surface area contributed by atoms with Crippen molar-refractivity contribution in [1.82, 2.24) is 9.80 Å². The number of hydrogen-bond acceptors (Lipinski definition) is 5. The molecule has 0 atom stereocenters. The third-order valence-electron chi connectivity index (χ3n) is 8.14. The zero-order valence-electron chi connectivity index (χ0n) is 22.6. The monoisotopic (exact) mass is 563 g/mol. The van der Waals surface area contributed by atoms with Crippen molar-refractivity contribution in [1.29, 1.82) is 0 Å². The first kappa shape index (κ1) is 27.8. The fourth-order valence-electron chi connectivity index (χ4n) is 5.74. The first-order chi connectivity index (χ1) is 19.2. The number of benzene rings is 3. The summed E-state index contributed by atoms with van der Waals surface area (Å²) in [4.78, 5) is 32.9. The van der Waals surface area contributed by atoms with Gasteiger partial charge < -0.3 is 14.7 Å². The summed E-state index contributed by atoms with van der Waals surface area (Å²) < 4.78 is 36.9. The molecule has 7 nitrogen and oxygen atoms in total. The highest BCUT2D eigenvalue weighted by Crippen LogP contribution is 2.38. The molecule has 0 spiro atoms. The third-order valence-corrected chi connectivity index (χ3v) is 9.75. The molecule has 2 heterocycles. The molecule has 9 heteroatoms. The lowest BCUT2D eigenvalue weighted by Crippen LogP contribution is -2.53. The van der Waals surface area contributed by atoms with Crippen LogP contribution >= 0.6 is 0 Å². The summed E-state index contributed by atoms with van der Waals surface area (Å²) in [5.74, 6) is -0.123. The summed E-state index contributed by atoms with van der Waals surface area (Å²) in [6, 6.07) is 23.2. The summed E-state index contributed by atoms with van der Waals surface area (Å²) in [6.07, 6.45) is 0.991. The molecule has 0 bridgehead atoms. The Hall–Kier alpha value is -3.72. The lowest BCUT2D eigenvalue weighted by atomic mass is 9.71. The van der Waals surface area contributed by atoms with Crippen molar-refractivity contribution in [2.45, 2.75) is 24.8 Å². The summed E-state index contributed by atoms with van der Waals surface area (Å²) in [5.41, 5.74) is 2.50. The molecule has 0 aromatic heterocycles. The van der Waals surface area contributed by atoms with Gasteiger partial charge in [-0.05, 0) is 60.4 Å². The summed E-state index contributed by atoms with van der Waals surface area (Å²) in [7, 11) is -1.19. The molecule has 5 rings (SSSR count). The van der Waals surface area contributed by atoms with Gasteiger partial charge in [-0.1, -0.05) is 42.5 Å². The van der Waals surface area contributed by atoms with E-state index in [1.807, 2.05) is 47.4 Å². The number of halogens is 1. The van der Waals surface area contributed by atoms with Gasteiger partial charge in [0.1, 0.15) is 5.82 Å². The Bertz CT molecular complexity index is 1440. The second kappa shape index (κ2) is 11.4. The van der Waals surface area contributed by atoms with E-state index < -0.39 is 15.3 Å². The van der Waals surface area contributed by atoms with Gasteiger partial charge in [-0.2, -0.15) is 0 Å². The fourth-order valence-corrected chi connectivity index (χ4v) is 6.94. The maximum absolute atomic E-state index is 14.0. The molecule has 2 saturated heterocycles. The standard InChI is InChI=1S/C31H34FN3O4S/c1-33(23-24-7-11-27(32)12-8-24)30(37)31(26-5-3-2-4-6-26)15-17-35(18-16-31)29(36)25-9-13-28(14-10-25)34-19-21-40(38,39)22-20-34/h2-14H,15-23H2,1H3. The van der Waals surface area contributed by atoms with Gasteiger partial charge >= 0.3 is 0 Å². The third kappa shape index (κ3) is 5.89. The van der Waals surface area contributed by atoms with Crippen LogP contribution in [0.1, 0.15) is 34.3 Å². The van der Waals surface area contributed by atoms with Crippen LogP contribution in [0, 0.1) is 5.82 Å². The van der Waals surface area contributed by atoms with E-state index in [0.717, 1.165) is 16.8 Å². The number of carbonyl (C=O) groups is 2. The molecule has 2 fully saturated rings. The average molecular weight is 564 g/mol. The van der Waals surface area contributed by atoms with E-state index in [4.69, 9.17) is 0 Å². The second-order valence-corrected chi connectivity index (χ2v) is 13.0. The first-order valence-electron chi connectivity index (χ1n) is 13.6. The number of carbonyl (C=O) groups excluding carboxylic acids is 2. The molecule has 2 amide bonds. The van der Waals surface area contributed by atoms with E-state index in [2.05, 4.69) is 0 Å². The zero-order chi connectivity index (χ0) is 28.3. The Morgan fingerprint density at radius 3 is 2.05 bits per heavy atom. The number of likely N-dealkylation sites (tertiary alicyclic amines) is 1. The predicted molar refractivity (Wildman–Crippen MR) is 153 cm³/mol. The van der Waals surface area contributed by atoms with Crippen molar-refractivity contribution < 1.29 is 22.4 Å². The molecule has 0 radical (unpaired) electrons. The number of nitrogens with zero attached hydrogens (tertiary/aromatic N) is 3. The van der Waals surface area contributed by atoms with E-state index >= 15 is 0 Å². The van der Waals surface area contributed by atoms with Crippen LogP contribution in [0.15, 0.2) is 78.9 Å². The summed E-state index contributed by atoms with van der Waals surface area (Å²) in [5, 5.41) is 0. The van der Waals surface area contributed by atoms with Crippen molar-refractivity contribution >= 4 is 27.3 Å². The van der Waals surface area contributed by atoms with Crippen molar-refractivity contribution in [2.75, 3.05) is 49.6 Å². The molecule has 40 heavy (non-hydrogen) atoms. The maximum atomic E-state index is 14.0. The number of hydrogen-bond donors (Lipinski definition) is 0. The quantitative estimate of drug-likeness (QED) is 0.455. The normalized spacial score (nSPS) is 18.2. The highest BCUT2D eigenvalue weighted by molar-refractivity contribution is 7.91. The van der Waals surface area contributed by atoms with Gasteiger partial charge in [0.25, 0.3) is 5.91 Å². The number of likely N-dealkylation sites (N-methyl/N-ethyl adjacent to an activating group) is 1. The Labute approximate surface area is 235 Å². The van der Waals surface area contributed by atoms with Crippen molar-refractivity contribution in [3.8, 4) is 0 Å². The van der Waals surface area contributed by atoms with Gasteiger partial charge in [0.2, 0.25) is 5.91 Å². The number of anilines is 1. The van der Waals surface area contributed by atoms with Crippen LogP contribution in [0.2, 0.25) is 0 Å². The number of amides is 2. The minimum Gasteiger partial charge on any atom is -0.369 e. The predicted octanol–water partition coefficient (Wildman–Crippen LogP) is 3.89. The molecular weight excluding hydrogens is 529 g/mol. The Morgan fingerprint density at radius 2 is 1.45 bits per heavy atom. The molecule has 210 valence electrons. The van der Waals surface area contributed by atoms with Gasteiger partial charge in [0, 0.05) is 51.0 Å². The smallest absolute Gasteiger partial charge is 0.253 e. The SMILES string of the molecule is CN(Cc1ccc(F)cc1)C(=O)C1(c2ccccc2)CCN(C(=O)c2ccc(N3CCS(=O)(=O)CC3)cc2)CC1. The minimum atomic E-state index is -2.96. The Balaban J connectivity index is 1.28. The molecule has 0 N–H and O–H groups in total. The highest BCUT2D eigenvalue weighted by atomic mass is 32.2. The lowest BCUT2D eigenvalue weighted by Gasteiger charge is -2.43. The Kier molecular flexibility index (Phi) is 7.94. The van der Waals surface area contributed by atoms with Gasteiger partial charge in [0.15, 0.2) is 9.84 Å². The maximum Gasteiger partial charge on any atom is 0.253 e. The van der Waals surface area contributed by atoms with Gasteiger partial charge in [-0.3, -0.25) is 9.59 Å². The van der Waals surface area contributed by atoms with Crippen LogP contribution < -0.4 is 4.90 Å². The van der Waals surface area contributed by atoms with Crippen LogP contribution in [0.5, 0.6) is 0 Å². The van der Waals surface area contributed by atoms with Gasteiger partial charge in [-0.25, -0.2) is 12.8 Å². The molecular formula is C31H34FN3O4S. The fraction of sp³-hybridized carbons (Fsp3) is 0.355. The van der Waals surface area contributed by atoms with Crippen LogP contribution in [0.25, 0.3) is 0 Å². The molecule has 3 aromatic carbocycles. The van der Waals surface area contributed by atoms with E-state index in [9.17, 15) is 22.4 Å². The number of piperidine rings is 1. The van der Waals surface area contributed by atoms with Crippen molar-refractivity contribution in [3.05, 3.63) is 101 Å². The summed E-state index contributed by atoms with van der Waals surface area (Å²) in [6.45, 7) is 2.15. The number of rotatable bonds is 6. The van der Waals surface area contributed by atoms with E-state index in [1.165, 1.54) is 12.1 Å². The summed E-state index contributed by atoms with van der Waals surface area (Å²) >= 11 is 0. The van der Waals surface area contributed by atoms with E-state index in [1.54, 1.807) is 41.1 Å². The minimum absolute atomic E-state index is 0.0111. The van der Waals surface area contributed by atoms with Crippen LogP contribution in [0.4, 0.5) is 10.1 Å². The van der Waals surface area contributed by atoms with Crippen molar-refractivity contribution in [2.24, 2.45) is 0 Å².